The second-order valence-corrected chi connectivity index (χ2v) is 3.58. The number of aromatic nitrogens is 1. The van der Waals surface area contributed by atoms with E-state index in [-0.39, 0.29) is 5.75 Å². The number of fused-ring (bicyclic) bond motifs is 1. The summed E-state index contributed by atoms with van der Waals surface area (Å²) in [6.07, 6.45) is 3.66. The molecule has 0 aliphatic heterocycles. The van der Waals surface area contributed by atoms with Gasteiger partial charge >= 0.3 is 0 Å². The summed E-state index contributed by atoms with van der Waals surface area (Å²) < 4.78 is 7.49. The average molecular weight is 217 g/mol. The SMILES string of the molecule is C=CCOc1cc2c(ccn2CC)cc1O. The van der Waals surface area contributed by atoms with Crippen molar-refractivity contribution in [2.24, 2.45) is 0 Å². The van der Waals surface area contributed by atoms with Gasteiger partial charge in [-0.2, -0.15) is 0 Å². The third kappa shape index (κ3) is 1.76. The summed E-state index contributed by atoms with van der Waals surface area (Å²) in [5.41, 5.74) is 1.07. The van der Waals surface area contributed by atoms with Gasteiger partial charge in [0.25, 0.3) is 0 Å². The highest BCUT2D eigenvalue weighted by Crippen LogP contribution is 2.31. The van der Waals surface area contributed by atoms with Crippen LogP contribution < -0.4 is 4.74 Å². The molecular formula is C13H15NO2. The Morgan fingerprint density at radius 3 is 3.00 bits per heavy atom. The van der Waals surface area contributed by atoms with E-state index in [1.165, 1.54) is 0 Å². The number of hydrogen-bond donors (Lipinski definition) is 1. The molecule has 0 atom stereocenters. The average Bonchev–Trinajstić information content (AvgIpc) is 2.68. The van der Waals surface area contributed by atoms with Gasteiger partial charge in [0.1, 0.15) is 6.61 Å². The Bertz CT molecular complexity index is 514. The Morgan fingerprint density at radius 2 is 2.31 bits per heavy atom. The molecule has 16 heavy (non-hydrogen) atoms. The number of aromatic hydroxyl groups is 1. The summed E-state index contributed by atoms with van der Waals surface area (Å²) in [7, 11) is 0. The first-order valence-electron chi connectivity index (χ1n) is 5.31. The summed E-state index contributed by atoms with van der Waals surface area (Å²) in [4.78, 5) is 0. The number of ether oxygens (including phenoxy) is 1. The Labute approximate surface area is 94.6 Å². The summed E-state index contributed by atoms with van der Waals surface area (Å²) >= 11 is 0. The topological polar surface area (TPSA) is 34.4 Å². The van der Waals surface area contributed by atoms with Gasteiger partial charge in [0.15, 0.2) is 11.5 Å². The summed E-state index contributed by atoms with van der Waals surface area (Å²) in [5.74, 6) is 0.670. The number of phenolic OH excluding ortho intramolecular Hbond substituents is 1. The van der Waals surface area contributed by atoms with Crippen LogP contribution in [-0.4, -0.2) is 16.3 Å². The number of nitrogens with zero attached hydrogens (tertiary/aromatic N) is 1. The van der Waals surface area contributed by atoms with Crippen LogP contribution in [-0.2, 0) is 6.54 Å². The minimum atomic E-state index is 0.170. The van der Waals surface area contributed by atoms with Gasteiger partial charge in [0.05, 0.1) is 5.52 Å². The van der Waals surface area contributed by atoms with Crippen LogP contribution in [0, 0.1) is 0 Å². The Morgan fingerprint density at radius 1 is 1.50 bits per heavy atom. The van der Waals surface area contributed by atoms with Gasteiger partial charge < -0.3 is 14.4 Å². The number of rotatable bonds is 4. The van der Waals surface area contributed by atoms with Crippen LogP contribution in [0.1, 0.15) is 6.92 Å². The fourth-order valence-electron chi connectivity index (χ4n) is 1.75. The maximum absolute atomic E-state index is 9.75. The Hall–Kier alpha value is -1.90. The van der Waals surface area contributed by atoms with Crippen molar-refractivity contribution < 1.29 is 9.84 Å². The predicted octanol–water partition coefficient (Wildman–Crippen LogP) is 2.93. The highest BCUT2D eigenvalue weighted by atomic mass is 16.5. The van der Waals surface area contributed by atoms with Crippen molar-refractivity contribution in [3.63, 3.8) is 0 Å². The lowest BCUT2D eigenvalue weighted by Crippen LogP contribution is -1.95. The molecule has 1 aromatic heterocycles. The quantitative estimate of drug-likeness (QED) is 0.799. The van der Waals surface area contributed by atoms with E-state index < -0.39 is 0 Å². The minimum absolute atomic E-state index is 0.170. The van der Waals surface area contributed by atoms with Crippen LogP contribution in [0.5, 0.6) is 11.5 Å². The van der Waals surface area contributed by atoms with E-state index in [1.807, 2.05) is 18.3 Å². The van der Waals surface area contributed by atoms with Gasteiger partial charge in [-0.1, -0.05) is 12.7 Å². The fourth-order valence-corrected chi connectivity index (χ4v) is 1.75. The molecule has 3 nitrogen and oxygen atoms in total. The standard InChI is InChI=1S/C13H15NO2/c1-3-7-16-13-9-11-10(8-12(13)15)5-6-14(11)4-2/h3,5-6,8-9,15H,1,4,7H2,2H3. The maximum atomic E-state index is 9.75. The molecule has 1 N–H and O–H groups in total. The van der Waals surface area contributed by atoms with Crippen LogP contribution in [0.25, 0.3) is 10.9 Å². The summed E-state index contributed by atoms with van der Waals surface area (Å²) in [6.45, 7) is 6.95. The van der Waals surface area contributed by atoms with E-state index in [2.05, 4.69) is 18.1 Å². The highest BCUT2D eigenvalue weighted by molar-refractivity contribution is 5.84. The monoisotopic (exact) mass is 217 g/mol. The lowest BCUT2D eigenvalue weighted by Gasteiger charge is -2.07. The van der Waals surface area contributed by atoms with E-state index in [4.69, 9.17) is 4.74 Å². The maximum Gasteiger partial charge on any atom is 0.163 e. The third-order valence-corrected chi connectivity index (χ3v) is 2.55. The molecule has 0 amide bonds. The van der Waals surface area contributed by atoms with Crippen LogP contribution >= 0.6 is 0 Å². The van der Waals surface area contributed by atoms with Crippen molar-refractivity contribution in [2.75, 3.05) is 6.61 Å². The predicted molar refractivity (Wildman–Crippen MR) is 65.0 cm³/mol. The summed E-state index contributed by atoms with van der Waals surface area (Å²) in [5, 5.41) is 10.8. The first kappa shape index (κ1) is 10.6. The van der Waals surface area contributed by atoms with Crippen LogP contribution in [0.4, 0.5) is 0 Å². The smallest absolute Gasteiger partial charge is 0.163 e. The van der Waals surface area contributed by atoms with E-state index in [0.717, 1.165) is 17.4 Å². The van der Waals surface area contributed by atoms with E-state index in [1.54, 1.807) is 12.1 Å². The third-order valence-electron chi connectivity index (χ3n) is 2.55. The molecule has 0 aliphatic carbocycles. The van der Waals surface area contributed by atoms with Crippen molar-refractivity contribution in [3.8, 4) is 11.5 Å². The van der Waals surface area contributed by atoms with E-state index in [9.17, 15) is 5.11 Å². The van der Waals surface area contributed by atoms with Crippen molar-refractivity contribution in [2.45, 2.75) is 13.5 Å². The fraction of sp³-hybridized carbons (Fsp3) is 0.231. The zero-order valence-electron chi connectivity index (χ0n) is 9.31. The van der Waals surface area contributed by atoms with Crippen molar-refractivity contribution in [1.82, 2.24) is 4.57 Å². The van der Waals surface area contributed by atoms with Crippen LogP contribution in [0.3, 0.4) is 0 Å². The van der Waals surface area contributed by atoms with Crippen LogP contribution in [0.2, 0.25) is 0 Å². The molecule has 0 spiro atoms. The second-order valence-electron chi connectivity index (χ2n) is 3.58. The van der Waals surface area contributed by atoms with Gasteiger partial charge in [-0.25, -0.2) is 0 Å². The Kier molecular flexibility index (Phi) is 2.86. The molecule has 0 bridgehead atoms. The number of aryl methyl sites for hydroxylation is 1. The van der Waals surface area contributed by atoms with Crippen molar-refractivity contribution >= 4 is 10.9 Å². The molecular weight excluding hydrogens is 202 g/mol. The number of phenols is 1. The Balaban J connectivity index is 2.48. The van der Waals surface area contributed by atoms with Crippen LogP contribution in [0.15, 0.2) is 37.1 Å². The molecule has 2 aromatic rings. The molecule has 0 saturated heterocycles. The molecule has 0 radical (unpaired) electrons. The largest absolute Gasteiger partial charge is 0.504 e. The molecule has 0 unspecified atom stereocenters. The highest BCUT2D eigenvalue weighted by Gasteiger charge is 2.07. The van der Waals surface area contributed by atoms with E-state index in [0.29, 0.717) is 12.4 Å². The molecule has 1 heterocycles. The number of hydrogen-bond acceptors (Lipinski definition) is 2. The normalized spacial score (nSPS) is 10.6. The first-order valence-corrected chi connectivity index (χ1v) is 5.31. The summed E-state index contributed by atoms with van der Waals surface area (Å²) in [6, 6.07) is 5.56. The molecule has 2 rings (SSSR count). The molecule has 3 heteroatoms. The molecule has 0 aliphatic rings. The second kappa shape index (κ2) is 4.31. The first-order chi connectivity index (χ1) is 7.76. The van der Waals surface area contributed by atoms with Crippen molar-refractivity contribution in [1.29, 1.82) is 0 Å². The lowest BCUT2D eigenvalue weighted by atomic mass is 10.2. The zero-order valence-corrected chi connectivity index (χ0v) is 9.31. The van der Waals surface area contributed by atoms with E-state index >= 15 is 0 Å². The van der Waals surface area contributed by atoms with Gasteiger partial charge in [-0.15, -0.1) is 0 Å². The molecule has 1 aromatic carbocycles. The minimum Gasteiger partial charge on any atom is -0.504 e. The van der Waals surface area contributed by atoms with Gasteiger partial charge in [-0.3, -0.25) is 0 Å². The number of benzene rings is 1. The molecule has 0 saturated carbocycles. The molecule has 84 valence electrons. The van der Waals surface area contributed by atoms with Crippen molar-refractivity contribution in [3.05, 3.63) is 37.1 Å². The lowest BCUT2D eigenvalue weighted by molar-refractivity contribution is 0.337. The van der Waals surface area contributed by atoms with Gasteiger partial charge in [0, 0.05) is 24.2 Å². The molecule has 0 fully saturated rings. The van der Waals surface area contributed by atoms with Gasteiger partial charge in [0.2, 0.25) is 0 Å². The zero-order chi connectivity index (χ0) is 11.5. The van der Waals surface area contributed by atoms with Gasteiger partial charge in [-0.05, 0) is 19.1 Å².